The molecule has 2 aliphatic heterocycles. The van der Waals surface area contributed by atoms with Crippen LogP contribution in [0.15, 0.2) is 48.2 Å². The number of halogens is 1. The molecule has 0 spiro atoms. The van der Waals surface area contributed by atoms with E-state index in [2.05, 4.69) is 26.4 Å². The second-order valence-corrected chi connectivity index (χ2v) is 7.96. The Morgan fingerprint density at radius 2 is 1.96 bits per heavy atom. The van der Waals surface area contributed by atoms with Crippen LogP contribution in [0.25, 0.3) is 10.2 Å². The Labute approximate surface area is 161 Å². The SMILES string of the molecule is CN1C=CN(C2CCN(c3ncc4sccc4n3)CC2)c2ccc(F)cc21. The molecule has 2 aromatic heterocycles. The molecule has 4 heterocycles. The zero-order valence-corrected chi connectivity index (χ0v) is 15.9. The average Bonchev–Trinajstić information content (AvgIpc) is 3.17. The summed E-state index contributed by atoms with van der Waals surface area (Å²) in [4.78, 5) is 15.8. The predicted molar refractivity (Wildman–Crippen MR) is 109 cm³/mol. The highest BCUT2D eigenvalue weighted by Gasteiger charge is 2.28. The van der Waals surface area contributed by atoms with E-state index in [0.29, 0.717) is 6.04 Å². The van der Waals surface area contributed by atoms with E-state index >= 15 is 0 Å². The van der Waals surface area contributed by atoms with Gasteiger partial charge in [-0.05, 0) is 42.5 Å². The molecule has 3 aromatic rings. The van der Waals surface area contributed by atoms with Crippen LogP contribution in [0.1, 0.15) is 12.8 Å². The number of anilines is 3. The summed E-state index contributed by atoms with van der Waals surface area (Å²) in [5.41, 5.74) is 2.99. The van der Waals surface area contributed by atoms with Crippen molar-refractivity contribution in [2.24, 2.45) is 0 Å². The van der Waals surface area contributed by atoms with Gasteiger partial charge in [-0.15, -0.1) is 11.3 Å². The van der Waals surface area contributed by atoms with Gasteiger partial charge in [-0.2, -0.15) is 0 Å². The highest BCUT2D eigenvalue weighted by molar-refractivity contribution is 7.17. The first-order valence-corrected chi connectivity index (χ1v) is 10.0. The molecular weight excluding hydrogens is 361 g/mol. The van der Waals surface area contributed by atoms with Crippen molar-refractivity contribution in [2.75, 3.05) is 34.8 Å². The molecule has 0 radical (unpaired) electrons. The van der Waals surface area contributed by atoms with Gasteiger partial charge in [0.25, 0.3) is 0 Å². The molecule has 0 unspecified atom stereocenters. The summed E-state index contributed by atoms with van der Waals surface area (Å²) in [6.07, 6.45) is 8.05. The third-order valence-corrected chi connectivity index (χ3v) is 6.22. The first-order chi connectivity index (χ1) is 13.2. The molecule has 1 fully saturated rings. The quantitative estimate of drug-likeness (QED) is 0.664. The lowest BCUT2D eigenvalue weighted by molar-refractivity contribution is 0.485. The van der Waals surface area contributed by atoms with E-state index in [1.165, 1.54) is 6.07 Å². The fourth-order valence-electron chi connectivity index (χ4n) is 3.90. The summed E-state index contributed by atoms with van der Waals surface area (Å²) < 4.78 is 14.8. The second-order valence-electron chi connectivity index (χ2n) is 7.01. The number of aromatic nitrogens is 2. The molecule has 5 nitrogen and oxygen atoms in total. The van der Waals surface area contributed by atoms with E-state index < -0.39 is 0 Å². The van der Waals surface area contributed by atoms with Crippen molar-refractivity contribution in [1.29, 1.82) is 0 Å². The van der Waals surface area contributed by atoms with Gasteiger partial charge < -0.3 is 14.7 Å². The maximum atomic E-state index is 13.7. The van der Waals surface area contributed by atoms with E-state index in [1.54, 1.807) is 17.4 Å². The van der Waals surface area contributed by atoms with E-state index in [9.17, 15) is 4.39 Å². The van der Waals surface area contributed by atoms with Gasteiger partial charge in [0, 0.05) is 38.6 Å². The normalized spacial score (nSPS) is 17.6. The number of piperidine rings is 1. The minimum Gasteiger partial charge on any atom is -0.348 e. The Morgan fingerprint density at radius 3 is 2.81 bits per heavy atom. The summed E-state index contributed by atoms with van der Waals surface area (Å²) in [5.74, 6) is 0.613. The Morgan fingerprint density at radius 1 is 1.11 bits per heavy atom. The molecule has 138 valence electrons. The monoisotopic (exact) mass is 381 g/mol. The smallest absolute Gasteiger partial charge is 0.225 e. The minimum absolute atomic E-state index is 0.202. The maximum Gasteiger partial charge on any atom is 0.225 e. The number of fused-ring (bicyclic) bond motifs is 2. The fraction of sp³-hybridized carbons (Fsp3) is 0.300. The van der Waals surface area contributed by atoms with Crippen LogP contribution in [0.5, 0.6) is 0 Å². The molecule has 2 aliphatic rings. The van der Waals surface area contributed by atoms with Gasteiger partial charge in [0.1, 0.15) is 5.82 Å². The van der Waals surface area contributed by atoms with Gasteiger partial charge in [0.05, 0.1) is 27.8 Å². The van der Waals surface area contributed by atoms with E-state index in [1.807, 2.05) is 36.5 Å². The summed E-state index contributed by atoms with van der Waals surface area (Å²) in [5, 5.41) is 2.05. The van der Waals surface area contributed by atoms with Crippen molar-refractivity contribution in [3.8, 4) is 0 Å². The zero-order chi connectivity index (χ0) is 18.4. The number of hydrogen-bond acceptors (Lipinski definition) is 6. The van der Waals surface area contributed by atoms with E-state index in [4.69, 9.17) is 4.98 Å². The lowest BCUT2D eigenvalue weighted by Crippen LogP contribution is -2.44. The molecule has 1 aromatic carbocycles. The Bertz CT molecular complexity index is 1010. The molecule has 0 bridgehead atoms. The Kier molecular flexibility index (Phi) is 3.97. The van der Waals surface area contributed by atoms with Gasteiger partial charge >= 0.3 is 0 Å². The molecule has 5 rings (SSSR count). The second kappa shape index (κ2) is 6.49. The van der Waals surface area contributed by atoms with Gasteiger partial charge in [0.2, 0.25) is 5.95 Å². The molecule has 27 heavy (non-hydrogen) atoms. The highest BCUT2D eigenvalue weighted by Crippen LogP contribution is 2.36. The van der Waals surface area contributed by atoms with Crippen molar-refractivity contribution in [3.63, 3.8) is 0 Å². The summed E-state index contributed by atoms with van der Waals surface area (Å²) in [6, 6.07) is 7.46. The summed E-state index contributed by atoms with van der Waals surface area (Å²) in [6.45, 7) is 1.83. The van der Waals surface area contributed by atoms with Crippen LogP contribution >= 0.6 is 11.3 Å². The number of nitrogens with zero attached hydrogens (tertiary/aromatic N) is 5. The first kappa shape index (κ1) is 16.5. The van der Waals surface area contributed by atoms with Crippen LogP contribution in [0.3, 0.4) is 0 Å². The Hall–Kier alpha value is -2.67. The van der Waals surface area contributed by atoms with E-state index in [-0.39, 0.29) is 5.82 Å². The van der Waals surface area contributed by atoms with Crippen LogP contribution in [0.4, 0.5) is 21.7 Å². The lowest BCUT2D eigenvalue weighted by atomic mass is 10.0. The average molecular weight is 381 g/mol. The number of hydrogen-bond donors (Lipinski definition) is 0. The zero-order valence-electron chi connectivity index (χ0n) is 15.0. The van der Waals surface area contributed by atoms with Crippen molar-refractivity contribution in [1.82, 2.24) is 9.97 Å². The molecule has 0 N–H and O–H groups in total. The molecule has 7 heteroatoms. The topological polar surface area (TPSA) is 35.5 Å². The summed E-state index contributed by atoms with van der Waals surface area (Å²) in [7, 11) is 1.95. The van der Waals surface area contributed by atoms with Crippen LogP contribution in [-0.4, -0.2) is 36.1 Å². The molecule has 0 aliphatic carbocycles. The van der Waals surface area contributed by atoms with Gasteiger partial charge in [-0.3, -0.25) is 0 Å². The Balaban J connectivity index is 1.34. The van der Waals surface area contributed by atoms with E-state index in [0.717, 1.165) is 53.5 Å². The predicted octanol–water partition coefficient (Wildman–Crippen LogP) is 4.23. The first-order valence-electron chi connectivity index (χ1n) is 9.13. The standard InChI is InChI=1S/C20H20FN5S/c1-24-9-10-26(17-3-2-14(21)12-18(17)24)15-4-7-25(8-5-15)20-22-13-19-16(23-20)6-11-27-19/h2-3,6,9-13,15H,4-5,7-8H2,1H3. The van der Waals surface area contributed by atoms with Crippen LogP contribution in [0, 0.1) is 5.82 Å². The largest absolute Gasteiger partial charge is 0.348 e. The fourth-order valence-corrected chi connectivity index (χ4v) is 4.59. The molecule has 0 saturated carbocycles. The van der Waals surface area contributed by atoms with Crippen LogP contribution in [-0.2, 0) is 0 Å². The van der Waals surface area contributed by atoms with Gasteiger partial charge in [-0.1, -0.05) is 0 Å². The van der Waals surface area contributed by atoms with Crippen molar-refractivity contribution >= 4 is 38.9 Å². The van der Waals surface area contributed by atoms with Crippen molar-refractivity contribution in [3.05, 3.63) is 54.1 Å². The van der Waals surface area contributed by atoms with Crippen LogP contribution in [0.2, 0.25) is 0 Å². The van der Waals surface area contributed by atoms with Crippen LogP contribution < -0.4 is 14.7 Å². The maximum absolute atomic E-state index is 13.7. The molecule has 0 atom stereocenters. The van der Waals surface area contributed by atoms with Crippen molar-refractivity contribution in [2.45, 2.75) is 18.9 Å². The van der Waals surface area contributed by atoms with Gasteiger partial charge in [0.15, 0.2) is 0 Å². The van der Waals surface area contributed by atoms with Gasteiger partial charge in [-0.25, -0.2) is 14.4 Å². The lowest BCUT2D eigenvalue weighted by Gasteiger charge is -2.41. The molecule has 0 amide bonds. The third kappa shape index (κ3) is 2.92. The number of benzene rings is 1. The number of thiophene rings is 1. The molecule has 1 saturated heterocycles. The highest BCUT2D eigenvalue weighted by atomic mass is 32.1. The third-order valence-electron chi connectivity index (χ3n) is 5.38. The minimum atomic E-state index is -0.202. The molecular formula is C20H20FN5S. The number of rotatable bonds is 2. The van der Waals surface area contributed by atoms with Crippen molar-refractivity contribution < 1.29 is 4.39 Å². The summed E-state index contributed by atoms with van der Waals surface area (Å²) >= 11 is 1.67.